The molecule has 1 aliphatic rings. The number of hydrogen-bond donors (Lipinski definition) is 1. The van der Waals surface area contributed by atoms with Gasteiger partial charge in [-0.3, -0.25) is 9.59 Å². The number of aryl methyl sites for hydroxylation is 1. The van der Waals surface area contributed by atoms with Gasteiger partial charge in [0.2, 0.25) is 5.91 Å². The van der Waals surface area contributed by atoms with Crippen LogP contribution in [0, 0.1) is 12.8 Å². The number of hydrogen-bond acceptors (Lipinski definition) is 4. The van der Waals surface area contributed by atoms with Crippen molar-refractivity contribution in [1.29, 1.82) is 0 Å². The lowest BCUT2D eigenvalue weighted by molar-refractivity contribution is -0.117. The molecule has 2 amide bonds. The fraction of sp³-hybridized carbons (Fsp3) is 0.450. The second kappa shape index (κ2) is 9.46. The number of rotatable bonds is 6. The second-order valence-electron chi connectivity index (χ2n) is 7.04. The second-order valence-corrected chi connectivity index (χ2v) is 8.82. The van der Waals surface area contributed by atoms with Crippen LogP contribution in [0.15, 0.2) is 34.1 Å². The van der Waals surface area contributed by atoms with Gasteiger partial charge in [-0.05, 0) is 43.9 Å². The van der Waals surface area contributed by atoms with Gasteiger partial charge < -0.3 is 10.2 Å². The molecule has 3 rings (SSSR count). The Bertz CT molecular complexity index is 802. The topological polar surface area (TPSA) is 62.3 Å². The molecule has 27 heavy (non-hydrogen) atoms. The molecule has 0 spiro atoms. The van der Waals surface area contributed by atoms with Gasteiger partial charge >= 0.3 is 0 Å². The molecule has 1 fully saturated rings. The van der Waals surface area contributed by atoms with Crippen LogP contribution in [0.2, 0.25) is 0 Å². The number of carbonyl (C=O) groups excluding carboxylic acids is 2. The van der Waals surface area contributed by atoms with E-state index in [4.69, 9.17) is 0 Å². The summed E-state index contributed by atoms with van der Waals surface area (Å²) in [4.78, 5) is 31.6. The molecule has 1 aromatic heterocycles. The number of nitrogens with zero attached hydrogens (tertiary/aromatic N) is 2. The SMILES string of the molecule is Cc1csc(NC(=O)CN(CC2CCCCC2)C(=O)c2cccc(Br)c2)n1. The van der Waals surface area contributed by atoms with Gasteiger partial charge in [-0.25, -0.2) is 4.98 Å². The van der Waals surface area contributed by atoms with Crippen molar-refractivity contribution in [2.24, 2.45) is 5.92 Å². The summed E-state index contributed by atoms with van der Waals surface area (Å²) in [7, 11) is 0. The number of nitrogens with one attached hydrogen (secondary N) is 1. The fourth-order valence-electron chi connectivity index (χ4n) is 3.45. The Morgan fingerprint density at radius 2 is 2.07 bits per heavy atom. The van der Waals surface area contributed by atoms with Gasteiger partial charge in [0.25, 0.3) is 5.91 Å². The van der Waals surface area contributed by atoms with E-state index >= 15 is 0 Å². The normalized spacial score (nSPS) is 14.7. The monoisotopic (exact) mass is 449 g/mol. The average Bonchev–Trinajstić information content (AvgIpc) is 3.06. The highest BCUT2D eigenvalue weighted by Crippen LogP contribution is 2.25. The van der Waals surface area contributed by atoms with Crippen LogP contribution in [0.25, 0.3) is 0 Å². The van der Waals surface area contributed by atoms with Crippen molar-refractivity contribution in [3.05, 3.63) is 45.4 Å². The average molecular weight is 450 g/mol. The molecule has 1 aromatic carbocycles. The van der Waals surface area contributed by atoms with Crippen LogP contribution in [0.4, 0.5) is 5.13 Å². The molecule has 7 heteroatoms. The van der Waals surface area contributed by atoms with Crippen molar-refractivity contribution in [2.45, 2.75) is 39.0 Å². The van der Waals surface area contributed by atoms with E-state index in [0.29, 0.717) is 23.2 Å². The van der Waals surface area contributed by atoms with E-state index in [2.05, 4.69) is 26.2 Å². The highest BCUT2D eigenvalue weighted by Gasteiger charge is 2.24. The first-order valence-corrected chi connectivity index (χ1v) is 11.0. The molecule has 0 unspecified atom stereocenters. The Kier molecular flexibility index (Phi) is 7.01. The molecule has 2 aromatic rings. The van der Waals surface area contributed by atoms with Gasteiger partial charge in [-0.15, -0.1) is 11.3 Å². The lowest BCUT2D eigenvalue weighted by Crippen LogP contribution is -2.41. The number of benzene rings is 1. The van der Waals surface area contributed by atoms with Crippen LogP contribution in [0.3, 0.4) is 0 Å². The van der Waals surface area contributed by atoms with Crippen LogP contribution >= 0.6 is 27.3 Å². The van der Waals surface area contributed by atoms with Crippen molar-refractivity contribution in [3.63, 3.8) is 0 Å². The van der Waals surface area contributed by atoms with E-state index < -0.39 is 0 Å². The molecule has 1 heterocycles. The lowest BCUT2D eigenvalue weighted by atomic mass is 9.89. The van der Waals surface area contributed by atoms with E-state index in [1.807, 2.05) is 24.4 Å². The third-order valence-corrected chi connectivity index (χ3v) is 6.13. The van der Waals surface area contributed by atoms with Gasteiger partial charge in [-0.2, -0.15) is 0 Å². The smallest absolute Gasteiger partial charge is 0.254 e. The zero-order valence-corrected chi connectivity index (χ0v) is 17.8. The zero-order valence-electron chi connectivity index (χ0n) is 15.4. The highest BCUT2D eigenvalue weighted by atomic mass is 79.9. The van der Waals surface area contributed by atoms with E-state index in [1.54, 1.807) is 17.0 Å². The maximum Gasteiger partial charge on any atom is 0.254 e. The van der Waals surface area contributed by atoms with Gasteiger partial charge in [-0.1, -0.05) is 41.3 Å². The Hall–Kier alpha value is -1.73. The Morgan fingerprint density at radius 1 is 1.30 bits per heavy atom. The minimum atomic E-state index is -0.205. The number of aromatic nitrogens is 1. The van der Waals surface area contributed by atoms with Crippen molar-refractivity contribution >= 4 is 44.2 Å². The molecule has 0 bridgehead atoms. The van der Waals surface area contributed by atoms with Crippen molar-refractivity contribution in [2.75, 3.05) is 18.4 Å². The van der Waals surface area contributed by atoms with Crippen LogP contribution < -0.4 is 5.32 Å². The predicted molar refractivity (Wildman–Crippen MR) is 112 cm³/mol. The van der Waals surface area contributed by atoms with Crippen molar-refractivity contribution in [1.82, 2.24) is 9.88 Å². The molecule has 144 valence electrons. The first-order valence-electron chi connectivity index (χ1n) is 9.28. The van der Waals surface area contributed by atoms with Crippen molar-refractivity contribution in [3.8, 4) is 0 Å². The molecule has 0 radical (unpaired) electrons. The van der Waals surface area contributed by atoms with Gasteiger partial charge in [0.15, 0.2) is 5.13 Å². The third-order valence-electron chi connectivity index (χ3n) is 4.76. The molecule has 1 N–H and O–H groups in total. The lowest BCUT2D eigenvalue weighted by Gasteiger charge is -2.29. The summed E-state index contributed by atoms with van der Waals surface area (Å²) >= 11 is 4.81. The summed E-state index contributed by atoms with van der Waals surface area (Å²) in [5.41, 5.74) is 1.47. The first kappa shape index (κ1) is 20.0. The largest absolute Gasteiger partial charge is 0.329 e. The summed E-state index contributed by atoms with van der Waals surface area (Å²) < 4.78 is 0.855. The third kappa shape index (κ3) is 5.87. The molecule has 0 saturated heterocycles. The quantitative estimate of drug-likeness (QED) is 0.683. The van der Waals surface area contributed by atoms with Gasteiger partial charge in [0, 0.05) is 22.0 Å². The maximum absolute atomic E-state index is 13.1. The summed E-state index contributed by atoms with van der Waals surface area (Å²) in [5, 5.41) is 5.28. The Labute approximate surface area is 172 Å². The van der Waals surface area contributed by atoms with E-state index in [0.717, 1.165) is 23.0 Å². The summed E-state index contributed by atoms with van der Waals surface area (Å²) in [6.45, 7) is 2.55. The van der Waals surface area contributed by atoms with Gasteiger partial charge in [0.05, 0.1) is 5.69 Å². The first-order chi connectivity index (χ1) is 13.0. The van der Waals surface area contributed by atoms with Crippen LogP contribution in [0.5, 0.6) is 0 Å². The van der Waals surface area contributed by atoms with Crippen LogP contribution in [-0.4, -0.2) is 34.8 Å². The minimum Gasteiger partial charge on any atom is -0.329 e. The van der Waals surface area contributed by atoms with E-state index in [1.165, 1.54) is 30.6 Å². The number of thiazole rings is 1. The van der Waals surface area contributed by atoms with E-state index in [-0.39, 0.29) is 18.4 Å². The summed E-state index contributed by atoms with van der Waals surface area (Å²) in [6.07, 6.45) is 5.91. The zero-order chi connectivity index (χ0) is 19.2. The Morgan fingerprint density at radius 3 is 2.74 bits per heavy atom. The maximum atomic E-state index is 13.1. The predicted octanol–water partition coefficient (Wildman–Crippen LogP) is 4.88. The van der Waals surface area contributed by atoms with Gasteiger partial charge in [0.1, 0.15) is 6.54 Å². The summed E-state index contributed by atoms with van der Waals surface area (Å²) in [5.74, 6) is 0.153. The molecule has 5 nitrogen and oxygen atoms in total. The molecule has 1 saturated carbocycles. The van der Waals surface area contributed by atoms with Crippen LogP contribution in [-0.2, 0) is 4.79 Å². The standard InChI is InChI=1S/C20H24BrN3O2S/c1-14-13-27-20(22-14)23-18(25)12-24(11-15-6-3-2-4-7-15)19(26)16-8-5-9-17(21)10-16/h5,8-10,13,15H,2-4,6-7,11-12H2,1H3,(H,22,23,25). The molecule has 1 aliphatic carbocycles. The number of anilines is 1. The molecule has 0 aliphatic heterocycles. The summed E-state index contributed by atoms with van der Waals surface area (Å²) in [6, 6.07) is 7.33. The van der Waals surface area contributed by atoms with Crippen LogP contribution in [0.1, 0.15) is 48.2 Å². The highest BCUT2D eigenvalue weighted by molar-refractivity contribution is 9.10. The molecule has 0 atom stereocenters. The number of halogens is 1. The fourth-order valence-corrected chi connectivity index (χ4v) is 4.55. The molecular weight excluding hydrogens is 426 g/mol. The molecular formula is C20H24BrN3O2S. The van der Waals surface area contributed by atoms with Crippen molar-refractivity contribution < 1.29 is 9.59 Å². The van der Waals surface area contributed by atoms with E-state index in [9.17, 15) is 9.59 Å². The minimum absolute atomic E-state index is 0.0421. The Balaban J connectivity index is 1.71. The number of carbonyl (C=O) groups is 2. The number of amides is 2.